The van der Waals surface area contributed by atoms with Crippen molar-refractivity contribution in [1.82, 2.24) is 0 Å². The first-order valence-electron chi connectivity index (χ1n) is 5.46. The van der Waals surface area contributed by atoms with Gasteiger partial charge in [0.1, 0.15) is 22.6 Å². The maximum Gasteiger partial charge on any atom is 1.00 e. The van der Waals surface area contributed by atoms with Crippen molar-refractivity contribution in [3.63, 3.8) is 0 Å². The van der Waals surface area contributed by atoms with Gasteiger partial charge >= 0.3 is 130 Å². The van der Waals surface area contributed by atoms with E-state index in [1.165, 1.54) is 24.3 Å². The van der Waals surface area contributed by atoms with E-state index >= 15 is 0 Å². The van der Waals surface area contributed by atoms with Gasteiger partial charge < -0.3 is 20.4 Å². The third-order valence-electron chi connectivity index (χ3n) is 2.27. The molecular formula is C14H12Na4O6+4. The molecule has 2 rings (SSSR count). The Kier molecular flexibility index (Phi) is 23.7. The number of para-hydroxylation sites is 2. The van der Waals surface area contributed by atoms with Gasteiger partial charge in [-0.3, -0.25) is 0 Å². The van der Waals surface area contributed by atoms with Crippen molar-refractivity contribution in [3.8, 4) is 11.5 Å². The number of carbonyl (C=O) groups is 2. The second-order valence-corrected chi connectivity index (χ2v) is 3.64. The summed E-state index contributed by atoms with van der Waals surface area (Å²) in [4.78, 5) is 20.5. The van der Waals surface area contributed by atoms with Crippen molar-refractivity contribution >= 4 is 11.9 Å². The number of hydrogen-bond donors (Lipinski definition) is 4. The van der Waals surface area contributed by atoms with Crippen LogP contribution < -0.4 is 118 Å². The number of rotatable bonds is 2. The summed E-state index contributed by atoms with van der Waals surface area (Å²) in [6.45, 7) is 0. The van der Waals surface area contributed by atoms with Crippen molar-refractivity contribution in [3.05, 3.63) is 59.7 Å². The fourth-order valence-corrected chi connectivity index (χ4v) is 1.31. The first-order valence-corrected chi connectivity index (χ1v) is 5.46. The van der Waals surface area contributed by atoms with Crippen LogP contribution >= 0.6 is 0 Å². The Morgan fingerprint density at radius 1 is 0.583 bits per heavy atom. The third-order valence-corrected chi connectivity index (χ3v) is 2.27. The number of aromatic carboxylic acids is 2. The van der Waals surface area contributed by atoms with E-state index in [1.807, 2.05) is 0 Å². The molecule has 2 aromatic carbocycles. The van der Waals surface area contributed by atoms with E-state index in [4.69, 9.17) is 20.4 Å². The molecular weight excluding hydrogens is 356 g/mol. The van der Waals surface area contributed by atoms with E-state index in [1.54, 1.807) is 24.3 Å². The van der Waals surface area contributed by atoms with Crippen LogP contribution in [0.3, 0.4) is 0 Å². The van der Waals surface area contributed by atoms with Gasteiger partial charge in [-0.1, -0.05) is 24.3 Å². The number of carboxylic acid groups (broad SMARTS) is 2. The molecule has 0 saturated heterocycles. The third kappa shape index (κ3) is 11.6. The van der Waals surface area contributed by atoms with Gasteiger partial charge in [-0.05, 0) is 24.3 Å². The number of hydrogen-bond acceptors (Lipinski definition) is 4. The topological polar surface area (TPSA) is 115 Å². The number of phenols is 2. The van der Waals surface area contributed by atoms with Crippen LogP contribution in [0.15, 0.2) is 48.5 Å². The largest absolute Gasteiger partial charge is 1.00 e. The Balaban J connectivity index is -0.000000143. The Hall–Kier alpha value is 0.980. The Morgan fingerprint density at radius 3 is 1.00 bits per heavy atom. The molecule has 0 atom stereocenters. The maximum absolute atomic E-state index is 10.3. The van der Waals surface area contributed by atoms with Crippen LogP contribution in [-0.2, 0) is 0 Å². The van der Waals surface area contributed by atoms with Gasteiger partial charge in [-0.25, -0.2) is 9.59 Å². The van der Waals surface area contributed by atoms with Gasteiger partial charge in [0.05, 0.1) is 0 Å². The molecule has 0 bridgehead atoms. The smallest absolute Gasteiger partial charge is 0.507 e. The molecule has 0 spiro atoms. The normalized spacial score (nSPS) is 7.67. The minimum atomic E-state index is -1.11. The quantitative estimate of drug-likeness (QED) is 0.392. The van der Waals surface area contributed by atoms with Crippen LogP contribution in [0.25, 0.3) is 0 Å². The fourth-order valence-electron chi connectivity index (χ4n) is 1.31. The summed E-state index contributed by atoms with van der Waals surface area (Å²) in [6, 6.07) is 11.6. The van der Waals surface area contributed by atoms with Crippen molar-refractivity contribution in [1.29, 1.82) is 0 Å². The Bertz CT molecular complexity index is 581. The van der Waals surface area contributed by atoms with Crippen LogP contribution in [0.5, 0.6) is 11.5 Å². The van der Waals surface area contributed by atoms with Gasteiger partial charge in [0.15, 0.2) is 0 Å². The molecule has 2 aromatic rings. The maximum atomic E-state index is 10.3. The van der Waals surface area contributed by atoms with E-state index < -0.39 is 11.9 Å². The van der Waals surface area contributed by atoms with Gasteiger partial charge in [0, 0.05) is 0 Å². The molecule has 0 heterocycles. The molecule has 0 aliphatic rings. The summed E-state index contributed by atoms with van der Waals surface area (Å²) < 4.78 is 0. The van der Waals surface area contributed by atoms with Crippen LogP contribution in [-0.4, -0.2) is 32.4 Å². The molecule has 0 radical (unpaired) electrons. The van der Waals surface area contributed by atoms with E-state index in [9.17, 15) is 9.59 Å². The van der Waals surface area contributed by atoms with Crippen LogP contribution in [0.2, 0.25) is 0 Å². The molecule has 0 unspecified atom stereocenters. The molecule has 0 aliphatic carbocycles. The predicted molar refractivity (Wildman–Crippen MR) is 70.1 cm³/mol. The Morgan fingerprint density at radius 2 is 0.833 bits per heavy atom. The predicted octanol–water partition coefficient (Wildman–Crippen LogP) is -9.80. The zero-order valence-electron chi connectivity index (χ0n) is 14.2. The molecule has 104 valence electrons. The average Bonchev–Trinajstić information content (AvgIpc) is 2.40. The van der Waals surface area contributed by atoms with Crippen LogP contribution in [0.1, 0.15) is 20.7 Å². The van der Waals surface area contributed by atoms with Crippen molar-refractivity contribution < 1.29 is 148 Å². The standard InChI is InChI=1S/2C7H6O3.4Na/c2*8-6-4-2-1-3-5(6)7(9)10;;;;/h2*1-4,8H,(H,9,10);;;;/q;;4*+1. The summed E-state index contributed by atoms with van der Waals surface area (Å²) in [5.41, 5.74) is -0.134. The second-order valence-electron chi connectivity index (χ2n) is 3.64. The summed E-state index contributed by atoms with van der Waals surface area (Å²) in [6.07, 6.45) is 0. The second kappa shape index (κ2) is 17.4. The molecule has 6 nitrogen and oxygen atoms in total. The fraction of sp³-hybridized carbons (Fsp3) is 0. The van der Waals surface area contributed by atoms with Crippen LogP contribution in [0.4, 0.5) is 0 Å². The molecule has 24 heavy (non-hydrogen) atoms. The van der Waals surface area contributed by atoms with Gasteiger partial charge in [-0.2, -0.15) is 0 Å². The molecule has 0 aliphatic heterocycles. The average molecular weight is 368 g/mol. The van der Waals surface area contributed by atoms with Crippen molar-refractivity contribution in [2.45, 2.75) is 0 Å². The SMILES string of the molecule is O=C(O)c1ccccc1O.O=C(O)c1ccccc1O.[Na+].[Na+].[Na+].[Na+]. The Labute approximate surface area is 227 Å². The molecule has 4 N–H and O–H groups in total. The molecule has 0 saturated carbocycles. The van der Waals surface area contributed by atoms with Crippen LogP contribution in [0, 0.1) is 0 Å². The van der Waals surface area contributed by atoms with Crippen molar-refractivity contribution in [2.24, 2.45) is 0 Å². The van der Waals surface area contributed by atoms with Gasteiger partial charge in [0.25, 0.3) is 0 Å². The first-order chi connectivity index (χ1) is 9.43. The minimum absolute atomic E-state index is 0. The number of benzene rings is 2. The van der Waals surface area contributed by atoms with E-state index in [0.717, 1.165) is 0 Å². The molecule has 0 amide bonds. The van der Waals surface area contributed by atoms with Gasteiger partial charge in [0.2, 0.25) is 0 Å². The van der Waals surface area contributed by atoms with E-state index in [-0.39, 0.29) is 141 Å². The number of aromatic hydroxyl groups is 2. The molecule has 10 heteroatoms. The molecule has 0 fully saturated rings. The van der Waals surface area contributed by atoms with E-state index in [2.05, 4.69) is 0 Å². The monoisotopic (exact) mass is 368 g/mol. The van der Waals surface area contributed by atoms with Gasteiger partial charge in [-0.15, -0.1) is 0 Å². The van der Waals surface area contributed by atoms with Crippen molar-refractivity contribution in [2.75, 3.05) is 0 Å². The summed E-state index contributed by atoms with van der Waals surface area (Å²) >= 11 is 0. The summed E-state index contributed by atoms with van der Waals surface area (Å²) in [5, 5.41) is 34.6. The summed E-state index contributed by atoms with van der Waals surface area (Å²) in [7, 11) is 0. The first kappa shape index (κ1) is 32.6. The number of carboxylic acids is 2. The zero-order valence-corrected chi connectivity index (χ0v) is 22.2. The van der Waals surface area contributed by atoms with E-state index in [0.29, 0.717) is 0 Å². The molecule has 0 aromatic heterocycles. The zero-order chi connectivity index (χ0) is 15.1. The minimum Gasteiger partial charge on any atom is -0.507 e. The summed E-state index contributed by atoms with van der Waals surface area (Å²) in [5.74, 6) is -2.62.